The van der Waals surface area contributed by atoms with Crippen molar-refractivity contribution < 1.29 is 4.79 Å². The van der Waals surface area contributed by atoms with Crippen LogP contribution in [0.2, 0.25) is 0 Å². The first-order valence-electron chi connectivity index (χ1n) is 5.51. The van der Waals surface area contributed by atoms with Gasteiger partial charge in [0, 0.05) is 31.5 Å². The van der Waals surface area contributed by atoms with Crippen molar-refractivity contribution in [2.75, 3.05) is 14.1 Å². The summed E-state index contributed by atoms with van der Waals surface area (Å²) in [5, 5.41) is 1.66. The Labute approximate surface area is 97.2 Å². The molecule has 0 saturated carbocycles. The number of nitrogens with one attached hydrogen (secondary N) is 1. The van der Waals surface area contributed by atoms with E-state index in [1.54, 1.807) is 19.1 Å². The highest BCUT2D eigenvalue weighted by Gasteiger charge is 2.17. The van der Waals surface area contributed by atoms with Crippen molar-refractivity contribution in [2.45, 2.75) is 33.7 Å². The van der Waals surface area contributed by atoms with E-state index < -0.39 is 0 Å². The summed E-state index contributed by atoms with van der Waals surface area (Å²) in [4.78, 5) is 11.9. The van der Waals surface area contributed by atoms with E-state index in [-0.39, 0.29) is 5.91 Å². The van der Waals surface area contributed by atoms with Crippen LogP contribution in [-0.4, -0.2) is 29.6 Å². The summed E-state index contributed by atoms with van der Waals surface area (Å²) in [5.74, 6) is -0.0509. The molecule has 0 aromatic carbocycles. The van der Waals surface area contributed by atoms with Gasteiger partial charge in [-0.2, -0.15) is 0 Å². The number of hydrazine groups is 1. The van der Waals surface area contributed by atoms with Crippen molar-refractivity contribution in [2.24, 2.45) is 0 Å². The van der Waals surface area contributed by atoms with Crippen LogP contribution in [-0.2, 0) is 0 Å². The molecular formula is C12H21N3O. The molecule has 4 nitrogen and oxygen atoms in total. The first-order valence-corrected chi connectivity index (χ1v) is 5.51. The molecule has 0 aliphatic rings. The summed E-state index contributed by atoms with van der Waals surface area (Å²) in [7, 11) is 3.61. The maximum atomic E-state index is 11.9. The summed E-state index contributed by atoms with van der Waals surface area (Å²) in [6, 6.07) is 2.31. The van der Waals surface area contributed by atoms with Crippen LogP contribution in [0.5, 0.6) is 0 Å². The summed E-state index contributed by atoms with van der Waals surface area (Å²) in [5.41, 5.74) is 5.65. The van der Waals surface area contributed by atoms with Crippen molar-refractivity contribution in [3.05, 3.63) is 23.0 Å². The van der Waals surface area contributed by atoms with Crippen molar-refractivity contribution in [1.82, 2.24) is 15.0 Å². The van der Waals surface area contributed by atoms with Crippen molar-refractivity contribution in [1.29, 1.82) is 0 Å². The topological polar surface area (TPSA) is 37.3 Å². The number of aromatic nitrogens is 1. The molecule has 4 heteroatoms. The van der Waals surface area contributed by atoms with Crippen LogP contribution in [0.15, 0.2) is 6.07 Å². The van der Waals surface area contributed by atoms with Gasteiger partial charge in [0.2, 0.25) is 0 Å². The predicted octanol–water partition coefficient (Wildman–Crippen LogP) is 1.89. The third kappa shape index (κ3) is 2.44. The van der Waals surface area contributed by atoms with Gasteiger partial charge in [0.1, 0.15) is 0 Å². The number of aryl methyl sites for hydroxylation is 1. The average Bonchev–Trinajstić information content (AvgIpc) is 2.40. The van der Waals surface area contributed by atoms with Gasteiger partial charge in [-0.05, 0) is 33.8 Å². The molecule has 1 N–H and O–H groups in total. The molecule has 0 saturated heterocycles. The zero-order chi connectivity index (χ0) is 12.5. The Morgan fingerprint density at radius 3 is 2.31 bits per heavy atom. The van der Waals surface area contributed by atoms with Crippen LogP contribution in [0.25, 0.3) is 0 Å². The van der Waals surface area contributed by atoms with Gasteiger partial charge in [-0.3, -0.25) is 10.2 Å². The van der Waals surface area contributed by atoms with Crippen molar-refractivity contribution >= 4 is 5.91 Å². The Morgan fingerprint density at radius 2 is 1.94 bits per heavy atom. The molecule has 16 heavy (non-hydrogen) atoms. The summed E-state index contributed by atoms with van der Waals surface area (Å²) < 4.78 is 2.17. The lowest BCUT2D eigenvalue weighted by atomic mass is 10.2. The zero-order valence-electron chi connectivity index (χ0n) is 11.0. The normalized spacial score (nSPS) is 11.2. The Morgan fingerprint density at radius 1 is 1.38 bits per heavy atom. The second-order valence-corrected chi connectivity index (χ2v) is 4.58. The van der Waals surface area contributed by atoms with E-state index in [0.717, 1.165) is 17.0 Å². The second kappa shape index (κ2) is 4.70. The van der Waals surface area contributed by atoms with E-state index in [0.29, 0.717) is 6.04 Å². The monoisotopic (exact) mass is 223 g/mol. The van der Waals surface area contributed by atoms with Crippen LogP contribution in [0, 0.1) is 13.8 Å². The Hall–Kier alpha value is -1.29. The number of amides is 1. The highest BCUT2D eigenvalue weighted by Crippen LogP contribution is 2.19. The highest BCUT2D eigenvalue weighted by molar-refractivity contribution is 5.95. The van der Waals surface area contributed by atoms with Crippen molar-refractivity contribution in [3.8, 4) is 0 Å². The van der Waals surface area contributed by atoms with E-state index in [4.69, 9.17) is 0 Å². The van der Waals surface area contributed by atoms with Gasteiger partial charge in [0.05, 0.1) is 5.56 Å². The summed E-state index contributed by atoms with van der Waals surface area (Å²) >= 11 is 0. The lowest BCUT2D eigenvalue weighted by molar-refractivity contribution is 0.0856. The van der Waals surface area contributed by atoms with Gasteiger partial charge < -0.3 is 4.57 Å². The van der Waals surface area contributed by atoms with Crippen LogP contribution >= 0.6 is 0 Å². The lowest BCUT2D eigenvalue weighted by Crippen LogP contribution is -2.36. The quantitative estimate of drug-likeness (QED) is 0.795. The van der Waals surface area contributed by atoms with E-state index >= 15 is 0 Å². The van der Waals surface area contributed by atoms with Crippen LogP contribution in [0.4, 0.5) is 0 Å². The fraction of sp³-hybridized carbons (Fsp3) is 0.583. The molecule has 0 fully saturated rings. The third-order valence-electron chi connectivity index (χ3n) is 2.57. The molecule has 1 heterocycles. The fourth-order valence-corrected chi connectivity index (χ4v) is 2.06. The van der Waals surface area contributed by atoms with E-state index in [2.05, 4.69) is 23.8 Å². The molecule has 0 aliphatic heterocycles. The fourth-order valence-electron chi connectivity index (χ4n) is 2.06. The molecule has 1 amide bonds. The van der Waals surface area contributed by atoms with Gasteiger partial charge in [0.15, 0.2) is 0 Å². The Balaban J connectivity index is 3.07. The zero-order valence-corrected chi connectivity index (χ0v) is 11.0. The van der Waals surface area contributed by atoms with Crippen LogP contribution in [0.3, 0.4) is 0 Å². The van der Waals surface area contributed by atoms with E-state index in [9.17, 15) is 4.79 Å². The standard InChI is InChI=1S/C12H21N3O/c1-8(2)15-9(3)7-11(10(15)4)12(16)13-14(5)6/h7-8H,1-6H3,(H,13,16). The third-order valence-corrected chi connectivity index (χ3v) is 2.57. The molecule has 0 spiro atoms. The van der Waals surface area contributed by atoms with Gasteiger partial charge in [-0.1, -0.05) is 0 Å². The Kier molecular flexibility index (Phi) is 3.75. The number of hydrogen-bond acceptors (Lipinski definition) is 2. The first kappa shape index (κ1) is 12.8. The van der Waals surface area contributed by atoms with Gasteiger partial charge in [0.25, 0.3) is 5.91 Å². The van der Waals surface area contributed by atoms with Gasteiger partial charge in [-0.15, -0.1) is 0 Å². The van der Waals surface area contributed by atoms with E-state index in [1.807, 2.05) is 19.9 Å². The minimum absolute atomic E-state index is 0.0509. The molecule has 1 aromatic heterocycles. The molecule has 0 atom stereocenters. The number of hydrogen-bond donors (Lipinski definition) is 1. The number of carbonyl (C=O) groups excluding carboxylic acids is 1. The second-order valence-electron chi connectivity index (χ2n) is 4.58. The molecule has 0 bridgehead atoms. The van der Waals surface area contributed by atoms with Crippen LogP contribution < -0.4 is 5.43 Å². The molecular weight excluding hydrogens is 202 g/mol. The first-order chi connectivity index (χ1) is 7.34. The van der Waals surface area contributed by atoms with Crippen LogP contribution in [0.1, 0.15) is 41.6 Å². The number of nitrogens with zero attached hydrogens (tertiary/aromatic N) is 2. The average molecular weight is 223 g/mol. The van der Waals surface area contributed by atoms with E-state index in [1.165, 1.54) is 0 Å². The van der Waals surface area contributed by atoms with Gasteiger partial charge >= 0.3 is 0 Å². The molecule has 1 rings (SSSR count). The molecule has 0 radical (unpaired) electrons. The SMILES string of the molecule is Cc1cc(C(=O)NN(C)C)c(C)n1C(C)C. The predicted molar refractivity (Wildman–Crippen MR) is 65.4 cm³/mol. The summed E-state index contributed by atoms with van der Waals surface area (Å²) in [6.07, 6.45) is 0. The maximum Gasteiger partial charge on any atom is 0.267 e. The molecule has 0 unspecified atom stereocenters. The lowest BCUT2D eigenvalue weighted by Gasteiger charge is -2.14. The smallest absolute Gasteiger partial charge is 0.267 e. The Bertz CT molecular complexity index is 391. The maximum absolute atomic E-state index is 11.9. The van der Waals surface area contributed by atoms with Crippen molar-refractivity contribution in [3.63, 3.8) is 0 Å². The molecule has 0 aliphatic carbocycles. The summed E-state index contributed by atoms with van der Waals surface area (Å²) in [6.45, 7) is 8.25. The minimum Gasteiger partial charge on any atom is -0.346 e. The molecule has 90 valence electrons. The number of rotatable bonds is 3. The highest BCUT2D eigenvalue weighted by atomic mass is 16.2. The van der Waals surface area contributed by atoms with Gasteiger partial charge in [-0.25, -0.2) is 5.01 Å². The molecule has 1 aromatic rings. The minimum atomic E-state index is -0.0509. The largest absolute Gasteiger partial charge is 0.346 e. The number of carbonyl (C=O) groups is 1.